The van der Waals surface area contributed by atoms with Crippen LogP contribution < -0.4 is 10.2 Å². The number of hydrogen-bond acceptors (Lipinski definition) is 4. The average molecular weight is 296 g/mol. The second-order valence-corrected chi connectivity index (χ2v) is 5.84. The summed E-state index contributed by atoms with van der Waals surface area (Å²) in [6, 6.07) is 9.25. The van der Waals surface area contributed by atoms with Crippen molar-refractivity contribution >= 4 is 17.4 Å². The number of para-hydroxylation sites is 1. The third-order valence-corrected chi connectivity index (χ3v) is 4.27. The molecular formula is C16H28N2OS. The second-order valence-electron chi connectivity index (χ2n) is 4.93. The van der Waals surface area contributed by atoms with Gasteiger partial charge in [-0.15, -0.1) is 0 Å². The Labute approximate surface area is 128 Å². The summed E-state index contributed by atoms with van der Waals surface area (Å²) in [5.74, 6) is 1.17. The van der Waals surface area contributed by atoms with Crippen molar-refractivity contribution in [2.75, 3.05) is 44.2 Å². The average Bonchev–Trinajstić information content (AvgIpc) is 2.49. The lowest BCUT2D eigenvalue weighted by atomic mass is 10.1. The third-order valence-electron chi connectivity index (χ3n) is 3.55. The van der Waals surface area contributed by atoms with E-state index in [0.717, 1.165) is 19.7 Å². The fourth-order valence-corrected chi connectivity index (χ4v) is 3.14. The van der Waals surface area contributed by atoms with Crippen LogP contribution in [0.1, 0.15) is 18.9 Å². The van der Waals surface area contributed by atoms with Gasteiger partial charge in [0.25, 0.3) is 0 Å². The van der Waals surface area contributed by atoms with Gasteiger partial charge in [0, 0.05) is 44.7 Å². The molecule has 0 aliphatic carbocycles. The maximum atomic E-state index is 5.07. The zero-order valence-corrected chi connectivity index (χ0v) is 14.0. The first-order chi connectivity index (χ1) is 9.74. The summed E-state index contributed by atoms with van der Waals surface area (Å²) < 4.78 is 5.07. The molecule has 3 nitrogen and oxygen atoms in total. The van der Waals surface area contributed by atoms with Crippen LogP contribution >= 0.6 is 11.8 Å². The van der Waals surface area contributed by atoms with Gasteiger partial charge in [-0.1, -0.05) is 25.1 Å². The summed E-state index contributed by atoms with van der Waals surface area (Å²) in [5.41, 5.74) is 2.68. The van der Waals surface area contributed by atoms with Gasteiger partial charge in [-0.25, -0.2) is 0 Å². The van der Waals surface area contributed by atoms with Gasteiger partial charge >= 0.3 is 0 Å². The smallest absolute Gasteiger partial charge is 0.0587 e. The number of methoxy groups -OCH3 is 1. The van der Waals surface area contributed by atoms with E-state index in [1.807, 2.05) is 11.8 Å². The van der Waals surface area contributed by atoms with Gasteiger partial charge in [0.15, 0.2) is 0 Å². The number of benzene rings is 1. The molecule has 1 N–H and O–H groups in total. The van der Waals surface area contributed by atoms with E-state index in [0.29, 0.717) is 6.04 Å². The summed E-state index contributed by atoms with van der Waals surface area (Å²) in [7, 11) is 3.94. The minimum absolute atomic E-state index is 0.588. The van der Waals surface area contributed by atoms with E-state index in [-0.39, 0.29) is 0 Å². The molecule has 0 saturated carbocycles. The summed E-state index contributed by atoms with van der Waals surface area (Å²) in [5, 5.41) is 3.43. The maximum absolute atomic E-state index is 5.07. The maximum Gasteiger partial charge on any atom is 0.0587 e. The van der Waals surface area contributed by atoms with Crippen LogP contribution in [0.15, 0.2) is 24.3 Å². The van der Waals surface area contributed by atoms with E-state index < -0.39 is 0 Å². The molecule has 114 valence electrons. The minimum atomic E-state index is 0.588. The largest absolute Gasteiger partial charge is 0.383 e. The van der Waals surface area contributed by atoms with Crippen LogP contribution in [0.5, 0.6) is 0 Å². The zero-order valence-electron chi connectivity index (χ0n) is 13.2. The molecule has 0 saturated heterocycles. The molecule has 1 unspecified atom stereocenters. The zero-order chi connectivity index (χ0) is 14.8. The van der Waals surface area contributed by atoms with Crippen LogP contribution in [0.4, 0.5) is 5.69 Å². The molecule has 0 radical (unpaired) electrons. The third kappa shape index (κ3) is 5.35. The van der Waals surface area contributed by atoms with Crippen molar-refractivity contribution in [2.45, 2.75) is 25.9 Å². The van der Waals surface area contributed by atoms with Gasteiger partial charge in [0.05, 0.1) is 6.61 Å². The molecule has 1 aromatic rings. The first-order valence-corrected chi connectivity index (χ1v) is 8.63. The monoisotopic (exact) mass is 296 g/mol. The highest BCUT2D eigenvalue weighted by Gasteiger charge is 2.15. The number of thioether (sulfide) groups is 1. The SMILES string of the molecule is CCC(CSC)N(C)c1ccccc1CNCCOC. The summed E-state index contributed by atoms with van der Waals surface area (Å²) in [4.78, 5) is 2.42. The molecular weight excluding hydrogens is 268 g/mol. The van der Waals surface area contributed by atoms with E-state index in [4.69, 9.17) is 4.74 Å². The molecule has 0 aromatic heterocycles. The van der Waals surface area contributed by atoms with Crippen LogP contribution in [0.2, 0.25) is 0 Å². The fourth-order valence-electron chi connectivity index (χ4n) is 2.29. The van der Waals surface area contributed by atoms with Gasteiger partial charge in [-0.3, -0.25) is 0 Å². The summed E-state index contributed by atoms with van der Waals surface area (Å²) in [6.07, 6.45) is 3.34. The molecule has 1 aromatic carbocycles. The first-order valence-electron chi connectivity index (χ1n) is 7.23. The number of rotatable bonds is 10. The lowest BCUT2D eigenvalue weighted by Crippen LogP contribution is -2.34. The Morgan fingerprint density at radius 2 is 2.10 bits per heavy atom. The Kier molecular flexibility index (Phi) is 8.74. The standard InChI is InChI=1S/C16H28N2OS/c1-5-15(13-20-4)18(2)16-9-7-6-8-14(16)12-17-10-11-19-3/h6-9,15,17H,5,10-13H2,1-4H3. The number of nitrogens with one attached hydrogen (secondary N) is 1. The molecule has 1 rings (SSSR count). The molecule has 0 fully saturated rings. The Bertz CT molecular complexity index is 373. The Hall–Kier alpha value is -0.710. The number of nitrogens with zero attached hydrogens (tertiary/aromatic N) is 1. The predicted octanol–water partition coefficient (Wildman–Crippen LogP) is 3.00. The molecule has 0 heterocycles. The van der Waals surface area contributed by atoms with Crippen LogP contribution in [-0.4, -0.2) is 45.4 Å². The van der Waals surface area contributed by atoms with Crippen molar-refractivity contribution in [3.63, 3.8) is 0 Å². The Balaban J connectivity index is 2.72. The van der Waals surface area contributed by atoms with E-state index >= 15 is 0 Å². The minimum Gasteiger partial charge on any atom is -0.383 e. The Morgan fingerprint density at radius 1 is 1.35 bits per heavy atom. The molecule has 1 atom stereocenters. The van der Waals surface area contributed by atoms with Gasteiger partial charge < -0.3 is 15.0 Å². The van der Waals surface area contributed by atoms with Crippen molar-refractivity contribution in [1.29, 1.82) is 0 Å². The van der Waals surface area contributed by atoms with E-state index in [1.54, 1.807) is 7.11 Å². The molecule has 20 heavy (non-hydrogen) atoms. The number of ether oxygens (including phenoxy) is 1. The van der Waals surface area contributed by atoms with Crippen molar-refractivity contribution in [3.8, 4) is 0 Å². The van der Waals surface area contributed by atoms with E-state index in [1.165, 1.54) is 23.4 Å². The summed E-state index contributed by atoms with van der Waals surface area (Å²) in [6.45, 7) is 4.79. The van der Waals surface area contributed by atoms with Crippen LogP contribution in [0.3, 0.4) is 0 Å². The van der Waals surface area contributed by atoms with Crippen LogP contribution in [0, 0.1) is 0 Å². The topological polar surface area (TPSA) is 24.5 Å². The molecule has 0 amide bonds. The highest BCUT2D eigenvalue weighted by molar-refractivity contribution is 7.98. The van der Waals surface area contributed by atoms with Gasteiger partial charge in [0.2, 0.25) is 0 Å². The molecule has 0 aliphatic rings. The number of anilines is 1. The second kappa shape index (κ2) is 10.1. The quantitative estimate of drug-likeness (QED) is 0.671. The number of hydrogen-bond donors (Lipinski definition) is 1. The van der Waals surface area contributed by atoms with Crippen LogP contribution in [0.25, 0.3) is 0 Å². The summed E-state index contributed by atoms with van der Waals surface area (Å²) >= 11 is 1.91. The van der Waals surface area contributed by atoms with E-state index in [2.05, 4.69) is 54.7 Å². The van der Waals surface area contributed by atoms with Crippen molar-refractivity contribution < 1.29 is 4.74 Å². The van der Waals surface area contributed by atoms with Crippen LogP contribution in [-0.2, 0) is 11.3 Å². The predicted molar refractivity (Wildman–Crippen MR) is 90.9 cm³/mol. The van der Waals surface area contributed by atoms with Gasteiger partial charge in [-0.05, 0) is 24.3 Å². The van der Waals surface area contributed by atoms with Crippen molar-refractivity contribution in [1.82, 2.24) is 5.32 Å². The lowest BCUT2D eigenvalue weighted by molar-refractivity contribution is 0.199. The molecule has 0 spiro atoms. The highest BCUT2D eigenvalue weighted by atomic mass is 32.2. The van der Waals surface area contributed by atoms with Gasteiger partial charge in [-0.2, -0.15) is 11.8 Å². The highest BCUT2D eigenvalue weighted by Crippen LogP contribution is 2.23. The van der Waals surface area contributed by atoms with Crippen molar-refractivity contribution in [2.24, 2.45) is 0 Å². The molecule has 0 aliphatic heterocycles. The van der Waals surface area contributed by atoms with E-state index in [9.17, 15) is 0 Å². The molecule has 4 heteroatoms. The normalized spacial score (nSPS) is 12.4. The lowest BCUT2D eigenvalue weighted by Gasteiger charge is -2.30. The molecule has 0 bridgehead atoms. The van der Waals surface area contributed by atoms with Gasteiger partial charge in [0.1, 0.15) is 0 Å². The Morgan fingerprint density at radius 3 is 2.75 bits per heavy atom. The first kappa shape index (κ1) is 17.3. The van der Waals surface area contributed by atoms with Crippen molar-refractivity contribution in [3.05, 3.63) is 29.8 Å². The fraction of sp³-hybridized carbons (Fsp3) is 0.625.